The van der Waals surface area contributed by atoms with Gasteiger partial charge in [0, 0.05) is 0 Å². The summed E-state index contributed by atoms with van der Waals surface area (Å²) >= 11 is 0. The van der Waals surface area contributed by atoms with Crippen molar-refractivity contribution in [1.29, 1.82) is 0 Å². The van der Waals surface area contributed by atoms with Crippen LogP contribution in [0.2, 0.25) is 0 Å². The quantitative estimate of drug-likeness (QED) is 0.388. The molecular formula is C3H3NO2. The molecule has 3 rings (SSSR count). The summed E-state index contributed by atoms with van der Waals surface area (Å²) in [4.78, 5) is 9.80. The van der Waals surface area contributed by atoms with Gasteiger partial charge in [0.25, 0.3) is 0 Å². The maximum Gasteiger partial charge on any atom is 0.135 e. The van der Waals surface area contributed by atoms with Crippen molar-refractivity contribution in [3.8, 4) is 0 Å². The van der Waals surface area contributed by atoms with E-state index in [4.69, 9.17) is 9.68 Å². The predicted molar refractivity (Wildman–Crippen MR) is 15.4 cm³/mol. The van der Waals surface area contributed by atoms with E-state index in [0.29, 0.717) is 18.2 Å². The van der Waals surface area contributed by atoms with Crippen LogP contribution in [0.15, 0.2) is 0 Å². The first-order valence-corrected chi connectivity index (χ1v) is 2.09. The van der Waals surface area contributed by atoms with Crippen LogP contribution < -0.4 is 0 Å². The fourth-order valence-corrected chi connectivity index (χ4v) is 1.01. The van der Waals surface area contributed by atoms with Gasteiger partial charge in [-0.3, -0.25) is 9.68 Å². The largest absolute Gasteiger partial charge is 0.266 e. The third-order valence-corrected chi connectivity index (χ3v) is 1.55. The van der Waals surface area contributed by atoms with E-state index >= 15 is 0 Å². The standard InChI is InChI=1S/C3H3NO2/c5-2-1-3(2)6-4(1)5/h1-3H. The van der Waals surface area contributed by atoms with Crippen molar-refractivity contribution in [1.82, 2.24) is 5.23 Å². The lowest BCUT2D eigenvalue weighted by molar-refractivity contribution is -0.439. The van der Waals surface area contributed by atoms with Crippen LogP contribution in [0.4, 0.5) is 0 Å². The van der Waals surface area contributed by atoms with E-state index in [0.717, 1.165) is 0 Å². The Morgan fingerprint density at radius 1 is 1.17 bits per heavy atom. The zero-order valence-corrected chi connectivity index (χ0v) is 3.00. The monoisotopic (exact) mass is 85.0 g/mol. The molecule has 0 spiro atoms. The van der Waals surface area contributed by atoms with Crippen molar-refractivity contribution < 1.29 is 9.68 Å². The number of hydrogen-bond acceptors (Lipinski definition) is 3. The first-order chi connectivity index (χ1) is 2.97. The molecule has 3 fully saturated rings. The van der Waals surface area contributed by atoms with Crippen LogP contribution in [-0.4, -0.2) is 23.5 Å². The molecule has 2 saturated heterocycles. The summed E-state index contributed by atoms with van der Waals surface area (Å²) in [5.74, 6) is 0. The van der Waals surface area contributed by atoms with Crippen molar-refractivity contribution in [2.45, 2.75) is 18.2 Å². The Balaban J connectivity index is 2.21. The lowest BCUT2D eigenvalue weighted by atomic mass is 10.6. The summed E-state index contributed by atoms with van der Waals surface area (Å²) in [6, 6.07) is 0.685. The van der Waals surface area contributed by atoms with E-state index < -0.39 is 0 Å². The normalized spacial score (nSPS) is 71.0. The van der Waals surface area contributed by atoms with Gasteiger partial charge in [-0.15, -0.1) is 0 Å². The summed E-state index contributed by atoms with van der Waals surface area (Å²) in [6.45, 7) is 0. The first-order valence-electron chi connectivity index (χ1n) is 2.09. The molecule has 1 aliphatic carbocycles. The van der Waals surface area contributed by atoms with Crippen molar-refractivity contribution in [2.24, 2.45) is 0 Å². The lowest BCUT2D eigenvalue weighted by Crippen LogP contribution is -2.42. The summed E-state index contributed by atoms with van der Waals surface area (Å²) in [5.41, 5.74) is 0. The molecule has 0 aromatic carbocycles. The highest BCUT2D eigenvalue weighted by atomic mass is 17.1. The maximum atomic E-state index is 4.90. The average Bonchev–Trinajstić information content (AvgIpc) is 2.03. The van der Waals surface area contributed by atoms with Crippen LogP contribution in [0, 0.1) is 0 Å². The van der Waals surface area contributed by atoms with E-state index in [-0.39, 0.29) is 0 Å². The third kappa shape index (κ3) is 0.0672. The van der Waals surface area contributed by atoms with Crippen molar-refractivity contribution in [3.63, 3.8) is 0 Å². The van der Waals surface area contributed by atoms with Gasteiger partial charge < -0.3 is 0 Å². The number of nitrogens with zero attached hydrogens (tertiary/aromatic N) is 1. The summed E-state index contributed by atoms with van der Waals surface area (Å²) in [6.07, 6.45) is 0.954. The second-order valence-electron chi connectivity index (χ2n) is 1.92. The van der Waals surface area contributed by atoms with E-state index in [2.05, 4.69) is 0 Å². The number of hydroxylamine groups is 2. The molecule has 0 aromatic rings. The summed E-state index contributed by atoms with van der Waals surface area (Å²) in [5, 5.41) is 1.56. The molecule has 0 aromatic heterocycles. The molecule has 2 aliphatic heterocycles. The molecule has 6 heavy (non-hydrogen) atoms. The molecule has 3 nitrogen and oxygen atoms in total. The molecule has 3 heteroatoms. The van der Waals surface area contributed by atoms with Gasteiger partial charge in [0.2, 0.25) is 0 Å². The summed E-state index contributed by atoms with van der Waals surface area (Å²) in [7, 11) is 0. The molecule has 1 saturated carbocycles. The molecule has 32 valence electrons. The van der Waals surface area contributed by atoms with Gasteiger partial charge in [0.15, 0.2) is 0 Å². The third-order valence-electron chi connectivity index (χ3n) is 1.55. The van der Waals surface area contributed by atoms with Gasteiger partial charge in [-0.2, -0.15) is 0 Å². The number of rotatable bonds is 0. The minimum atomic E-state index is 0.477. The van der Waals surface area contributed by atoms with Gasteiger partial charge in [0.1, 0.15) is 18.2 Å². The molecule has 0 bridgehead atoms. The smallest absolute Gasteiger partial charge is 0.135 e. The van der Waals surface area contributed by atoms with Crippen molar-refractivity contribution >= 4 is 0 Å². The Morgan fingerprint density at radius 3 is 1.83 bits per heavy atom. The van der Waals surface area contributed by atoms with Gasteiger partial charge in [-0.25, -0.2) is 0 Å². The first kappa shape index (κ1) is 2.26. The van der Waals surface area contributed by atoms with Crippen LogP contribution in [0.5, 0.6) is 0 Å². The highest BCUT2D eigenvalue weighted by Crippen LogP contribution is 2.55. The molecular weight excluding hydrogens is 82.0 g/mol. The van der Waals surface area contributed by atoms with Crippen molar-refractivity contribution in [2.75, 3.05) is 0 Å². The minimum absolute atomic E-state index is 0.477. The molecule has 2 unspecified atom stereocenters. The van der Waals surface area contributed by atoms with Crippen LogP contribution >= 0.6 is 0 Å². The van der Waals surface area contributed by atoms with Gasteiger partial charge >= 0.3 is 0 Å². The van der Waals surface area contributed by atoms with E-state index in [1.165, 1.54) is 0 Å². The second kappa shape index (κ2) is 0.381. The SMILES string of the molecule is O1C2C3ON1C23. The van der Waals surface area contributed by atoms with Gasteiger partial charge in [-0.05, 0) is 0 Å². The lowest BCUT2D eigenvalue weighted by Gasteiger charge is -2.27. The Labute approximate surface area is 34.3 Å². The van der Waals surface area contributed by atoms with E-state index in [9.17, 15) is 0 Å². The molecule has 3 aliphatic rings. The Bertz CT molecular complexity index is 86.2. The van der Waals surface area contributed by atoms with E-state index in [1.807, 2.05) is 0 Å². The van der Waals surface area contributed by atoms with Crippen LogP contribution in [0.3, 0.4) is 0 Å². The predicted octanol–water partition coefficient (Wildman–Crippen LogP) is -0.702. The average molecular weight is 85.1 g/mol. The van der Waals surface area contributed by atoms with Gasteiger partial charge in [0.05, 0.1) is 0 Å². The van der Waals surface area contributed by atoms with Crippen LogP contribution in [-0.2, 0) is 9.68 Å². The number of hydrogen-bond donors (Lipinski definition) is 0. The number of fused-ring (bicyclic) bond motifs is 1. The topological polar surface area (TPSA) is 21.7 Å². The highest BCUT2D eigenvalue weighted by Gasteiger charge is 2.78. The molecule has 2 heterocycles. The highest BCUT2D eigenvalue weighted by molar-refractivity contribution is 5.16. The zero-order valence-electron chi connectivity index (χ0n) is 3.00. The van der Waals surface area contributed by atoms with E-state index in [1.54, 1.807) is 5.23 Å². The Kier molecular flexibility index (Phi) is 0.143. The fourth-order valence-electron chi connectivity index (χ4n) is 1.01. The Hall–Kier alpha value is -0.120. The molecule has 0 N–H and O–H groups in total. The second-order valence-corrected chi connectivity index (χ2v) is 1.92. The molecule has 0 radical (unpaired) electrons. The van der Waals surface area contributed by atoms with Gasteiger partial charge in [-0.1, -0.05) is 5.23 Å². The maximum absolute atomic E-state index is 4.90. The van der Waals surface area contributed by atoms with Crippen LogP contribution in [0.1, 0.15) is 0 Å². The zero-order chi connectivity index (χ0) is 3.72. The van der Waals surface area contributed by atoms with Crippen molar-refractivity contribution in [3.05, 3.63) is 0 Å². The fraction of sp³-hybridized carbons (Fsp3) is 1.00. The summed E-state index contributed by atoms with van der Waals surface area (Å²) < 4.78 is 0. The van der Waals surface area contributed by atoms with Crippen LogP contribution in [0.25, 0.3) is 0 Å². The minimum Gasteiger partial charge on any atom is -0.266 e. The Morgan fingerprint density at radius 2 is 1.83 bits per heavy atom. The molecule has 2 atom stereocenters. The molecule has 0 amide bonds.